The van der Waals surface area contributed by atoms with Crippen molar-refractivity contribution in [3.63, 3.8) is 0 Å². The summed E-state index contributed by atoms with van der Waals surface area (Å²) in [6, 6.07) is 7.87. The zero-order valence-corrected chi connectivity index (χ0v) is 16.6. The first-order chi connectivity index (χ1) is 12.8. The molecule has 3 aromatic heterocycles. The molecule has 0 saturated carbocycles. The lowest BCUT2D eigenvalue weighted by Gasteiger charge is -2.08. The fraction of sp³-hybridized carbons (Fsp3) is 0.167. The summed E-state index contributed by atoms with van der Waals surface area (Å²) >= 11 is 4.98. The van der Waals surface area contributed by atoms with Crippen LogP contribution < -0.4 is 9.47 Å². The molecule has 0 radical (unpaired) electrons. The number of thiazole rings is 1. The molecule has 0 saturated heterocycles. The summed E-state index contributed by atoms with van der Waals surface area (Å²) in [4.78, 5) is 13.4. The van der Waals surface area contributed by atoms with Crippen molar-refractivity contribution in [1.82, 2.24) is 15.0 Å². The largest absolute Gasteiger partial charge is 0.493 e. The standard InChI is InChI=1S/C18H15N3O2S3/c1-22-14-4-3-11(7-15(14)23-2)17-21-12(8-25-17)9-26-18-16-13(5-6-24-16)19-10-20-18/h3-8,10H,9H2,1-2H3. The van der Waals surface area contributed by atoms with E-state index < -0.39 is 0 Å². The lowest BCUT2D eigenvalue weighted by molar-refractivity contribution is 0.355. The smallest absolute Gasteiger partial charge is 0.161 e. The Bertz CT molecular complexity index is 1050. The average Bonchev–Trinajstić information content (AvgIpc) is 3.35. The molecule has 4 aromatic rings. The molecular formula is C18H15N3O2S3. The quantitative estimate of drug-likeness (QED) is 0.330. The maximum atomic E-state index is 5.38. The van der Waals surface area contributed by atoms with Gasteiger partial charge >= 0.3 is 0 Å². The second-order valence-electron chi connectivity index (χ2n) is 5.32. The predicted octanol–water partition coefficient (Wildman–Crippen LogP) is 5.12. The van der Waals surface area contributed by atoms with Crippen LogP contribution in [0, 0.1) is 0 Å². The lowest BCUT2D eigenvalue weighted by Crippen LogP contribution is -1.91. The van der Waals surface area contributed by atoms with Crippen LogP contribution in [0.3, 0.4) is 0 Å². The highest BCUT2D eigenvalue weighted by Gasteiger charge is 2.11. The number of benzene rings is 1. The molecule has 0 N–H and O–H groups in total. The molecule has 0 unspecified atom stereocenters. The van der Waals surface area contributed by atoms with E-state index in [1.165, 1.54) is 0 Å². The maximum Gasteiger partial charge on any atom is 0.161 e. The summed E-state index contributed by atoms with van der Waals surface area (Å²) < 4.78 is 11.8. The van der Waals surface area contributed by atoms with E-state index >= 15 is 0 Å². The van der Waals surface area contributed by atoms with Gasteiger partial charge in [0.15, 0.2) is 11.5 Å². The van der Waals surface area contributed by atoms with Gasteiger partial charge in [0.05, 0.1) is 30.1 Å². The first-order valence-electron chi connectivity index (χ1n) is 7.76. The summed E-state index contributed by atoms with van der Waals surface area (Å²) in [5.41, 5.74) is 3.05. The second kappa shape index (κ2) is 7.61. The van der Waals surface area contributed by atoms with E-state index in [1.807, 2.05) is 29.6 Å². The SMILES string of the molecule is COc1ccc(-c2nc(CSc3ncnc4ccsc34)cs2)cc1OC. The van der Waals surface area contributed by atoms with Gasteiger partial charge < -0.3 is 9.47 Å². The van der Waals surface area contributed by atoms with Crippen LogP contribution in [0.4, 0.5) is 0 Å². The Balaban J connectivity index is 1.52. The Kier molecular flexibility index (Phi) is 5.05. The average molecular weight is 402 g/mol. The van der Waals surface area contributed by atoms with Crippen molar-refractivity contribution < 1.29 is 9.47 Å². The second-order valence-corrected chi connectivity index (χ2v) is 8.05. The Morgan fingerprint density at radius 3 is 2.77 bits per heavy atom. The highest BCUT2D eigenvalue weighted by atomic mass is 32.2. The number of hydrogen-bond acceptors (Lipinski definition) is 8. The maximum absolute atomic E-state index is 5.38. The molecule has 0 aliphatic heterocycles. The highest BCUT2D eigenvalue weighted by Crippen LogP contribution is 2.35. The number of thioether (sulfide) groups is 1. The molecule has 0 bridgehead atoms. The zero-order valence-electron chi connectivity index (χ0n) is 14.1. The number of methoxy groups -OCH3 is 2. The van der Waals surface area contributed by atoms with Crippen LogP contribution in [0.2, 0.25) is 0 Å². The lowest BCUT2D eigenvalue weighted by atomic mass is 10.2. The molecule has 5 nitrogen and oxygen atoms in total. The molecule has 3 heterocycles. The fourth-order valence-electron chi connectivity index (χ4n) is 2.49. The Labute approximate surface area is 163 Å². The summed E-state index contributed by atoms with van der Waals surface area (Å²) in [7, 11) is 3.27. The number of thiophene rings is 1. The van der Waals surface area contributed by atoms with Crippen LogP contribution in [-0.2, 0) is 5.75 Å². The normalized spacial score (nSPS) is 11.0. The molecule has 0 spiro atoms. The Hall–Kier alpha value is -2.16. The molecule has 0 atom stereocenters. The minimum Gasteiger partial charge on any atom is -0.493 e. The van der Waals surface area contributed by atoms with Crippen molar-refractivity contribution in [2.75, 3.05) is 14.2 Å². The van der Waals surface area contributed by atoms with E-state index in [-0.39, 0.29) is 0 Å². The van der Waals surface area contributed by atoms with Gasteiger partial charge in [0.1, 0.15) is 16.4 Å². The monoisotopic (exact) mass is 401 g/mol. The van der Waals surface area contributed by atoms with Gasteiger partial charge in [-0.25, -0.2) is 15.0 Å². The molecule has 1 aromatic carbocycles. The number of rotatable bonds is 6. The van der Waals surface area contributed by atoms with E-state index in [0.717, 1.165) is 37.3 Å². The van der Waals surface area contributed by atoms with Gasteiger partial charge in [-0.1, -0.05) is 11.8 Å². The molecule has 132 valence electrons. The molecule has 0 aliphatic carbocycles. The third kappa shape index (κ3) is 3.40. The van der Waals surface area contributed by atoms with Crippen molar-refractivity contribution in [3.05, 3.63) is 47.0 Å². The van der Waals surface area contributed by atoms with Crippen LogP contribution in [0.5, 0.6) is 11.5 Å². The van der Waals surface area contributed by atoms with Crippen molar-refractivity contribution >= 4 is 44.7 Å². The Morgan fingerprint density at radius 1 is 1.04 bits per heavy atom. The number of aromatic nitrogens is 3. The number of hydrogen-bond donors (Lipinski definition) is 0. The van der Waals surface area contributed by atoms with Gasteiger partial charge in [0.25, 0.3) is 0 Å². The first kappa shape index (κ1) is 17.3. The van der Waals surface area contributed by atoms with E-state index in [9.17, 15) is 0 Å². The van der Waals surface area contributed by atoms with Crippen molar-refractivity contribution in [3.8, 4) is 22.1 Å². The molecule has 0 fully saturated rings. The summed E-state index contributed by atoms with van der Waals surface area (Å²) in [6.07, 6.45) is 1.62. The topological polar surface area (TPSA) is 57.1 Å². The predicted molar refractivity (Wildman–Crippen MR) is 108 cm³/mol. The molecule has 0 amide bonds. The van der Waals surface area contributed by atoms with Gasteiger partial charge in [-0.05, 0) is 29.6 Å². The van der Waals surface area contributed by atoms with Crippen molar-refractivity contribution in [2.24, 2.45) is 0 Å². The van der Waals surface area contributed by atoms with Crippen LogP contribution in [0.1, 0.15) is 5.69 Å². The first-order valence-corrected chi connectivity index (χ1v) is 10.5. The number of nitrogens with zero attached hydrogens (tertiary/aromatic N) is 3. The summed E-state index contributed by atoms with van der Waals surface area (Å²) in [5.74, 6) is 2.19. The van der Waals surface area contributed by atoms with E-state index in [4.69, 9.17) is 14.5 Å². The van der Waals surface area contributed by atoms with Crippen molar-refractivity contribution in [1.29, 1.82) is 0 Å². The molecule has 4 rings (SSSR count). The van der Waals surface area contributed by atoms with Gasteiger partial charge in [0, 0.05) is 16.7 Å². The van der Waals surface area contributed by atoms with Gasteiger partial charge in [-0.2, -0.15) is 0 Å². The summed E-state index contributed by atoms with van der Waals surface area (Å²) in [6.45, 7) is 0. The van der Waals surface area contributed by atoms with Gasteiger partial charge in [0.2, 0.25) is 0 Å². The zero-order chi connectivity index (χ0) is 17.9. The van der Waals surface area contributed by atoms with Gasteiger partial charge in [-0.3, -0.25) is 0 Å². The van der Waals surface area contributed by atoms with E-state index in [0.29, 0.717) is 11.5 Å². The third-order valence-corrected chi connectivity index (χ3v) is 6.75. The molecular weight excluding hydrogens is 386 g/mol. The van der Waals surface area contributed by atoms with E-state index in [2.05, 4.69) is 15.3 Å². The fourth-order valence-corrected chi connectivity index (χ4v) is 5.25. The molecule has 8 heteroatoms. The van der Waals surface area contributed by atoms with Crippen LogP contribution in [0.15, 0.2) is 46.4 Å². The third-order valence-electron chi connectivity index (χ3n) is 3.75. The van der Waals surface area contributed by atoms with Crippen LogP contribution in [0.25, 0.3) is 20.8 Å². The van der Waals surface area contributed by atoms with E-state index in [1.54, 1.807) is 55.0 Å². The van der Waals surface area contributed by atoms with Crippen LogP contribution >= 0.6 is 34.4 Å². The highest BCUT2D eigenvalue weighted by molar-refractivity contribution is 7.98. The molecule has 0 aliphatic rings. The summed E-state index contributed by atoms with van der Waals surface area (Å²) in [5, 5.41) is 6.10. The molecule has 26 heavy (non-hydrogen) atoms. The van der Waals surface area contributed by atoms with Gasteiger partial charge in [-0.15, -0.1) is 22.7 Å². The van der Waals surface area contributed by atoms with Crippen LogP contribution in [-0.4, -0.2) is 29.2 Å². The minimum atomic E-state index is 0.706. The number of ether oxygens (including phenoxy) is 2. The minimum absolute atomic E-state index is 0.706. The van der Waals surface area contributed by atoms with Crippen molar-refractivity contribution in [2.45, 2.75) is 10.8 Å². The Morgan fingerprint density at radius 2 is 1.92 bits per heavy atom. The number of fused-ring (bicyclic) bond motifs is 1.